The maximum atomic E-state index is 12.5. The topological polar surface area (TPSA) is 64.0 Å². The van der Waals surface area contributed by atoms with Crippen LogP contribution in [0, 0.1) is 23.2 Å². The van der Waals surface area contributed by atoms with Crippen LogP contribution in [0.1, 0.15) is 44.9 Å². The first-order valence-corrected chi connectivity index (χ1v) is 10.3. The van der Waals surface area contributed by atoms with Crippen molar-refractivity contribution in [2.75, 3.05) is 6.54 Å². The minimum Gasteiger partial charge on any atom is -0.354 e. The first-order chi connectivity index (χ1) is 13.1. The van der Waals surface area contributed by atoms with Crippen LogP contribution < -0.4 is 10.7 Å². The van der Waals surface area contributed by atoms with E-state index in [4.69, 9.17) is 0 Å². The van der Waals surface area contributed by atoms with Crippen molar-refractivity contribution in [3.63, 3.8) is 0 Å². The number of amides is 1. The van der Waals surface area contributed by atoms with Crippen molar-refractivity contribution in [1.29, 1.82) is 0 Å². The van der Waals surface area contributed by atoms with Gasteiger partial charge in [-0.05, 0) is 80.2 Å². The normalized spacial score (nSPS) is 31.3. The van der Waals surface area contributed by atoms with Gasteiger partial charge in [-0.25, -0.2) is 0 Å². The highest BCUT2D eigenvalue weighted by Crippen LogP contribution is 2.61. The zero-order chi connectivity index (χ0) is 18.4. The molecule has 1 heterocycles. The molecule has 4 aliphatic carbocycles. The number of fused-ring (bicyclic) bond motifs is 1. The Hall–Kier alpha value is -2.17. The van der Waals surface area contributed by atoms with Crippen LogP contribution in [0.15, 0.2) is 35.3 Å². The number of hydrogen-bond acceptors (Lipinski definition) is 3. The average Bonchev–Trinajstić information content (AvgIpc) is 2.63. The van der Waals surface area contributed by atoms with Crippen LogP contribution in [-0.4, -0.2) is 22.2 Å². The summed E-state index contributed by atoms with van der Waals surface area (Å²) in [7, 11) is 0. The highest BCUT2D eigenvalue weighted by molar-refractivity contribution is 5.81. The smallest absolute Gasteiger partial charge is 0.241 e. The molecule has 0 atom stereocenters. The van der Waals surface area contributed by atoms with Gasteiger partial charge in [0, 0.05) is 11.9 Å². The number of benzene rings is 1. The molecule has 5 nitrogen and oxygen atoms in total. The van der Waals surface area contributed by atoms with E-state index in [-0.39, 0.29) is 17.9 Å². The van der Waals surface area contributed by atoms with Crippen LogP contribution in [-0.2, 0) is 11.3 Å². The van der Waals surface area contributed by atoms with Gasteiger partial charge >= 0.3 is 0 Å². The summed E-state index contributed by atoms with van der Waals surface area (Å²) >= 11 is 0. The van der Waals surface area contributed by atoms with Gasteiger partial charge in [0.2, 0.25) is 11.3 Å². The summed E-state index contributed by atoms with van der Waals surface area (Å²) in [6.07, 6.45) is 10.9. The third kappa shape index (κ3) is 3.17. The Morgan fingerprint density at radius 1 is 1.11 bits per heavy atom. The van der Waals surface area contributed by atoms with Crippen molar-refractivity contribution >= 4 is 16.8 Å². The molecule has 0 radical (unpaired) electrons. The zero-order valence-corrected chi connectivity index (χ0v) is 15.7. The quantitative estimate of drug-likeness (QED) is 0.885. The third-order valence-corrected chi connectivity index (χ3v) is 7.20. The lowest BCUT2D eigenvalue weighted by molar-refractivity contribution is -0.122. The lowest BCUT2D eigenvalue weighted by atomic mass is 9.49. The molecule has 0 saturated heterocycles. The van der Waals surface area contributed by atoms with Crippen LogP contribution >= 0.6 is 0 Å². The minimum absolute atomic E-state index is 0.0268. The Morgan fingerprint density at radius 2 is 1.78 bits per heavy atom. The maximum Gasteiger partial charge on any atom is 0.241 e. The second kappa shape index (κ2) is 6.47. The molecule has 1 aromatic carbocycles. The van der Waals surface area contributed by atoms with Crippen LogP contribution in [0.5, 0.6) is 0 Å². The van der Waals surface area contributed by atoms with Crippen molar-refractivity contribution < 1.29 is 4.79 Å². The van der Waals surface area contributed by atoms with E-state index in [0.29, 0.717) is 16.3 Å². The summed E-state index contributed by atoms with van der Waals surface area (Å²) in [5.41, 5.74) is 1.09. The van der Waals surface area contributed by atoms with E-state index in [1.165, 1.54) is 44.7 Å². The SMILES string of the molecule is O=C(Cn1ncc(=O)c2ccccc21)NCCC12CC3CC(CC(C3)C1)C2. The summed E-state index contributed by atoms with van der Waals surface area (Å²) < 4.78 is 1.62. The molecule has 1 aromatic heterocycles. The van der Waals surface area contributed by atoms with Crippen molar-refractivity contribution in [3.8, 4) is 0 Å². The second-order valence-corrected chi connectivity index (χ2v) is 9.20. The lowest BCUT2D eigenvalue weighted by Gasteiger charge is -2.57. The highest BCUT2D eigenvalue weighted by Gasteiger charge is 2.50. The van der Waals surface area contributed by atoms with E-state index in [1.807, 2.05) is 18.2 Å². The summed E-state index contributed by atoms with van der Waals surface area (Å²) in [5, 5.41) is 7.87. The molecule has 27 heavy (non-hydrogen) atoms. The molecule has 4 fully saturated rings. The number of rotatable bonds is 5. The van der Waals surface area contributed by atoms with E-state index in [2.05, 4.69) is 10.4 Å². The number of carbonyl (C=O) groups is 1. The third-order valence-electron chi connectivity index (χ3n) is 7.20. The van der Waals surface area contributed by atoms with Crippen LogP contribution in [0.4, 0.5) is 0 Å². The highest BCUT2D eigenvalue weighted by atomic mass is 16.2. The summed E-state index contributed by atoms with van der Waals surface area (Å²) in [6.45, 7) is 0.908. The van der Waals surface area contributed by atoms with Gasteiger partial charge in [-0.3, -0.25) is 14.3 Å². The Kier molecular flexibility index (Phi) is 4.06. The van der Waals surface area contributed by atoms with Gasteiger partial charge < -0.3 is 5.32 Å². The second-order valence-electron chi connectivity index (χ2n) is 9.20. The fraction of sp³-hybridized carbons (Fsp3) is 0.591. The number of nitrogens with zero attached hydrogens (tertiary/aromatic N) is 2. The van der Waals surface area contributed by atoms with Crippen molar-refractivity contribution in [2.45, 2.75) is 51.5 Å². The molecule has 5 heteroatoms. The van der Waals surface area contributed by atoms with Gasteiger partial charge in [0.15, 0.2) is 0 Å². The summed E-state index contributed by atoms with van der Waals surface area (Å²) in [4.78, 5) is 24.4. The largest absolute Gasteiger partial charge is 0.354 e. The van der Waals surface area contributed by atoms with Gasteiger partial charge in [0.1, 0.15) is 6.54 Å². The van der Waals surface area contributed by atoms with Crippen molar-refractivity contribution in [1.82, 2.24) is 15.1 Å². The van der Waals surface area contributed by atoms with Crippen LogP contribution in [0.2, 0.25) is 0 Å². The molecule has 0 unspecified atom stereocenters. The fourth-order valence-corrected chi connectivity index (χ4v) is 6.54. The molecule has 1 N–H and O–H groups in total. The first kappa shape index (κ1) is 17.0. The van der Waals surface area contributed by atoms with E-state index >= 15 is 0 Å². The lowest BCUT2D eigenvalue weighted by Crippen LogP contribution is -2.47. The molecule has 4 saturated carbocycles. The van der Waals surface area contributed by atoms with E-state index in [1.54, 1.807) is 10.7 Å². The first-order valence-electron chi connectivity index (χ1n) is 10.3. The molecule has 4 bridgehead atoms. The number of aromatic nitrogens is 2. The molecule has 0 spiro atoms. The Bertz CT molecular complexity index is 897. The summed E-state index contributed by atoms with van der Waals surface area (Å²) in [5.74, 6) is 2.82. The Labute approximate surface area is 159 Å². The molecule has 6 rings (SSSR count). The van der Waals surface area contributed by atoms with Gasteiger partial charge in [0.05, 0.1) is 11.7 Å². The van der Waals surface area contributed by atoms with E-state index in [0.717, 1.165) is 30.7 Å². The van der Waals surface area contributed by atoms with Crippen molar-refractivity contribution in [3.05, 3.63) is 40.7 Å². The molecular weight excluding hydrogens is 338 g/mol. The zero-order valence-electron chi connectivity index (χ0n) is 15.7. The molecular formula is C22H27N3O2. The number of hydrogen-bond donors (Lipinski definition) is 1. The average molecular weight is 365 g/mol. The van der Waals surface area contributed by atoms with Gasteiger partial charge in [-0.15, -0.1) is 0 Å². The number of para-hydroxylation sites is 1. The molecule has 2 aromatic rings. The Balaban J connectivity index is 1.21. The van der Waals surface area contributed by atoms with Gasteiger partial charge in [-0.2, -0.15) is 5.10 Å². The van der Waals surface area contributed by atoms with Crippen LogP contribution in [0.25, 0.3) is 10.9 Å². The standard InChI is InChI=1S/C22H27N3O2/c26-20-13-24-25(19-4-2-1-3-18(19)20)14-21(27)23-6-5-22-10-15-7-16(11-22)9-17(8-15)12-22/h1-4,13,15-17H,5-12,14H2,(H,23,27). The summed E-state index contributed by atoms with van der Waals surface area (Å²) in [6, 6.07) is 7.32. The van der Waals surface area contributed by atoms with Gasteiger partial charge in [0.25, 0.3) is 0 Å². The predicted molar refractivity (Wildman–Crippen MR) is 104 cm³/mol. The minimum atomic E-state index is -0.107. The number of nitrogens with one attached hydrogen (secondary N) is 1. The fourth-order valence-electron chi connectivity index (χ4n) is 6.54. The molecule has 0 aliphatic heterocycles. The maximum absolute atomic E-state index is 12.5. The van der Waals surface area contributed by atoms with E-state index in [9.17, 15) is 9.59 Å². The van der Waals surface area contributed by atoms with Gasteiger partial charge in [-0.1, -0.05) is 12.1 Å². The Morgan fingerprint density at radius 3 is 2.48 bits per heavy atom. The molecule has 1 amide bonds. The van der Waals surface area contributed by atoms with Crippen molar-refractivity contribution in [2.24, 2.45) is 23.2 Å². The molecule has 142 valence electrons. The predicted octanol–water partition coefficient (Wildman–Crippen LogP) is 3.12. The van der Waals surface area contributed by atoms with E-state index < -0.39 is 0 Å². The molecule has 4 aliphatic rings. The van der Waals surface area contributed by atoms with Crippen LogP contribution in [0.3, 0.4) is 0 Å². The number of carbonyl (C=O) groups excluding carboxylic acids is 1. The monoisotopic (exact) mass is 365 g/mol.